The lowest BCUT2D eigenvalue weighted by atomic mass is 10.1. The summed E-state index contributed by atoms with van der Waals surface area (Å²) < 4.78 is 11.6. The SMILES string of the molecule is COc1cccnc1-c1cc(Cl)cc2nc(N3CCNC[C@@H]3C)oc12. The van der Waals surface area contributed by atoms with E-state index in [0.29, 0.717) is 34.1 Å². The molecule has 0 radical (unpaired) electrons. The Balaban J connectivity index is 1.87. The van der Waals surface area contributed by atoms with Crippen molar-refractivity contribution in [2.24, 2.45) is 0 Å². The number of aromatic nitrogens is 2. The second kappa shape index (κ2) is 6.54. The molecule has 130 valence electrons. The quantitative estimate of drug-likeness (QED) is 0.774. The molecule has 1 N–H and O–H groups in total. The van der Waals surface area contributed by atoms with Gasteiger partial charge in [-0.15, -0.1) is 0 Å². The second-order valence-corrected chi connectivity index (χ2v) is 6.54. The normalized spacial score (nSPS) is 17.9. The number of methoxy groups -OCH3 is 1. The van der Waals surface area contributed by atoms with Crippen molar-refractivity contribution in [1.29, 1.82) is 0 Å². The number of nitrogens with one attached hydrogen (secondary N) is 1. The van der Waals surface area contributed by atoms with Crippen LogP contribution in [-0.4, -0.2) is 42.8 Å². The average molecular weight is 359 g/mol. The third kappa shape index (κ3) is 2.92. The molecular formula is C18H19ClN4O2. The Hall–Kier alpha value is -2.31. The average Bonchev–Trinajstić information content (AvgIpc) is 3.05. The second-order valence-electron chi connectivity index (χ2n) is 6.10. The zero-order chi connectivity index (χ0) is 17.4. The van der Waals surface area contributed by atoms with Crippen molar-refractivity contribution in [3.63, 3.8) is 0 Å². The van der Waals surface area contributed by atoms with Crippen molar-refractivity contribution in [2.45, 2.75) is 13.0 Å². The van der Waals surface area contributed by atoms with Crippen molar-refractivity contribution in [3.05, 3.63) is 35.5 Å². The van der Waals surface area contributed by atoms with E-state index in [9.17, 15) is 0 Å². The fourth-order valence-corrected chi connectivity index (χ4v) is 3.38. The first-order valence-electron chi connectivity index (χ1n) is 8.24. The first-order chi connectivity index (χ1) is 12.2. The molecule has 25 heavy (non-hydrogen) atoms. The third-order valence-corrected chi connectivity index (χ3v) is 4.65. The summed E-state index contributed by atoms with van der Waals surface area (Å²) in [6.45, 7) is 4.81. The van der Waals surface area contributed by atoms with Gasteiger partial charge in [-0.25, -0.2) is 0 Å². The Morgan fingerprint density at radius 2 is 2.28 bits per heavy atom. The Kier molecular flexibility index (Phi) is 4.23. The molecule has 0 unspecified atom stereocenters. The van der Waals surface area contributed by atoms with Gasteiger partial charge in [0.2, 0.25) is 0 Å². The van der Waals surface area contributed by atoms with E-state index >= 15 is 0 Å². The maximum atomic E-state index is 6.32. The van der Waals surface area contributed by atoms with Gasteiger partial charge < -0.3 is 19.4 Å². The molecule has 6 nitrogen and oxygen atoms in total. The molecule has 0 spiro atoms. The number of fused-ring (bicyclic) bond motifs is 1. The highest BCUT2D eigenvalue weighted by Gasteiger charge is 2.24. The maximum Gasteiger partial charge on any atom is 0.298 e. The van der Waals surface area contributed by atoms with Gasteiger partial charge in [-0.3, -0.25) is 4.98 Å². The van der Waals surface area contributed by atoms with Gasteiger partial charge in [0.25, 0.3) is 6.01 Å². The zero-order valence-electron chi connectivity index (χ0n) is 14.1. The molecule has 0 aliphatic carbocycles. The van der Waals surface area contributed by atoms with Crippen LogP contribution in [0.25, 0.3) is 22.4 Å². The number of hydrogen-bond donors (Lipinski definition) is 1. The van der Waals surface area contributed by atoms with Crippen LogP contribution in [0, 0.1) is 0 Å². The molecule has 1 aliphatic heterocycles. The molecule has 7 heteroatoms. The van der Waals surface area contributed by atoms with E-state index in [4.69, 9.17) is 20.8 Å². The van der Waals surface area contributed by atoms with Crippen molar-refractivity contribution < 1.29 is 9.15 Å². The molecule has 3 aromatic rings. The number of ether oxygens (including phenoxy) is 1. The first kappa shape index (κ1) is 16.2. The summed E-state index contributed by atoms with van der Waals surface area (Å²) in [5.41, 5.74) is 2.85. The number of piperazine rings is 1. The summed E-state index contributed by atoms with van der Waals surface area (Å²) in [5, 5.41) is 3.96. The van der Waals surface area contributed by atoms with Crippen molar-refractivity contribution >= 4 is 28.7 Å². The lowest BCUT2D eigenvalue weighted by Gasteiger charge is -2.32. The van der Waals surface area contributed by atoms with Gasteiger partial charge in [0, 0.05) is 36.9 Å². The number of nitrogens with zero attached hydrogens (tertiary/aromatic N) is 3. The highest BCUT2D eigenvalue weighted by atomic mass is 35.5. The Labute approximate surface area is 150 Å². The number of halogens is 1. The fraction of sp³-hybridized carbons (Fsp3) is 0.333. The lowest BCUT2D eigenvalue weighted by molar-refractivity contribution is 0.414. The van der Waals surface area contributed by atoms with Gasteiger partial charge in [0.1, 0.15) is 17.0 Å². The van der Waals surface area contributed by atoms with Crippen LogP contribution in [0.1, 0.15) is 6.92 Å². The smallest absolute Gasteiger partial charge is 0.298 e. The molecule has 1 aromatic carbocycles. The third-order valence-electron chi connectivity index (χ3n) is 4.44. The molecule has 0 saturated carbocycles. The molecule has 0 amide bonds. The molecule has 3 heterocycles. The number of oxazole rings is 1. The lowest BCUT2D eigenvalue weighted by Crippen LogP contribution is -2.50. The molecule has 0 bridgehead atoms. The van der Waals surface area contributed by atoms with Crippen molar-refractivity contribution in [1.82, 2.24) is 15.3 Å². The van der Waals surface area contributed by atoms with Gasteiger partial charge in [0.05, 0.1) is 12.7 Å². The summed E-state index contributed by atoms with van der Waals surface area (Å²) in [6.07, 6.45) is 1.72. The van der Waals surface area contributed by atoms with Crippen LogP contribution in [0.4, 0.5) is 6.01 Å². The maximum absolute atomic E-state index is 6.32. The molecular weight excluding hydrogens is 340 g/mol. The summed E-state index contributed by atoms with van der Waals surface area (Å²) in [4.78, 5) is 11.3. The summed E-state index contributed by atoms with van der Waals surface area (Å²) >= 11 is 6.32. The predicted octanol–water partition coefficient (Wildman–Crippen LogP) is 3.35. The standard InChI is InChI=1S/C18H19ClN4O2/c1-11-10-20-6-7-23(11)18-22-14-9-12(19)8-13(17(14)25-18)16-15(24-2)4-3-5-21-16/h3-5,8-9,11,20H,6-7,10H2,1-2H3/t11-/m0/s1. The van der Waals surface area contributed by atoms with Crippen LogP contribution in [0.3, 0.4) is 0 Å². The summed E-state index contributed by atoms with van der Waals surface area (Å²) in [5.74, 6) is 0.666. The number of hydrogen-bond acceptors (Lipinski definition) is 6. The number of anilines is 1. The van der Waals surface area contributed by atoms with Gasteiger partial charge in [-0.2, -0.15) is 4.98 Å². The minimum Gasteiger partial charge on any atom is -0.494 e. The number of benzene rings is 1. The van der Waals surface area contributed by atoms with Crippen LogP contribution >= 0.6 is 11.6 Å². The highest BCUT2D eigenvalue weighted by Crippen LogP contribution is 2.37. The minimum absolute atomic E-state index is 0.310. The highest BCUT2D eigenvalue weighted by molar-refractivity contribution is 6.31. The van der Waals surface area contributed by atoms with Gasteiger partial charge in [0.15, 0.2) is 5.58 Å². The van der Waals surface area contributed by atoms with Crippen LogP contribution < -0.4 is 15.0 Å². The van der Waals surface area contributed by atoms with E-state index in [1.54, 1.807) is 13.3 Å². The molecule has 4 rings (SSSR count). The number of rotatable bonds is 3. The molecule has 1 saturated heterocycles. The Morgan fingerprint density at radius 3 is 3.08 bits per heavy atom. The molecule has 2 aromatic heterocycles. The predicted molar refractivity (Wildman–Crippen MR) is 98.5 cm³/mol. The van der Waals surface area contributed by atoms with E-state index in [1.807, 2.05) is 24.3 Å². The van der Waals surface area contributed by atoms with E-state index in [1.165, 1.54) is 0 Å². The van der Waals surface area contributed by atoms with E-state index in [2.05, 4.69) is 27.1 Å². The van der Waals surface area contributed by atoms with Crippen LogP contribution in [-0.2, 0) is 0 Å². The molecule has 1 aliphatic rings. The van der Waals surface area contributed by atoms with Crippen molar-refractivity contribution in [3.8, 4) is 17.0 Å². The van der Waals surface area contributed by atoms with E-state index in [0.717, 1.165) is 30.7 Å². The van der Waals surface area contributed by atoms with Crippen LogP contribution in [0.15, 0.2) is 34.9 Å². The van der Waals surface area contributed by atoms with Crippen LogP contribution in [0.5, 0.6) is 5.75 Å². The van der Waals surface area contributed by atoms with Gasteiger partial charge in [-0.1, -0.05) is 11.6 Å². The number of pyridine rings is 1. The van der Waals surface area contributed by atoms with Crippen molar-refractivity contribution in [2.75, 3.05) is 31.6 Å². The topological polar surface area (TPSA) is 63.4 Å². The fourth-order valence-electron chi connectivity index (χ4n) is 3.17. The Bertz CT molecular complexity index is 911. The monoisotopic (exact) mass is 358 g/mol. The van der Waals surface area contributed by atoms with E-state index < -0.39 is 0 Å². The van der Waals surface area contributed by atoms with Gasteiger partial charge >= 0.3 is 0 Å². The molecule has 1 atom stereocenters. The zero-order valence-corrected chi connectivity index (χ0v) is 14.9. The largest absolute Gasteiger partial charge is 0.494 e. The minimum atomic E-state index is 0.310. The Morgan fingerprint density at radius 1 is 1.40 bits per heavy atom. The van der Waals surface area contributed by atoms with Gasteiger partial charge in [-0.05, 0) is 31.2 Å². The summed E-state index contributed by atoms with van der Waals surface area (Å²) in [7, 11) is 1.62. The van der Waals surface area contributed by atoms with E-state index in [-0.39, 0.29) is 0 Å². The molecule has 1 fully saturated rings. The first-order valence-corrected chi connectivity index (χ1v) is 8.62. The van der Waals surface area contributed by atoms with Crippen LogP contribution in [0.2, 0.25) is 5.02 Å². The summed E-state index contributed by atoms with van der Waals surface area (Å²) in [6, 6.07) is 8.27.